The summed E-state index contributed by atoms with van der Waals surface area (Å²) >= 11 is 1.68. The first-order chi connectivity index (χ1) is 13.2. The van der Waals surface area contributed by atoms with Gasteiger partial charge in [-0.25, -0.2) is 0 Å². The highest BCUT2D eigenvalue weighted by Gasteiger charge is 2.28. The summed E-state index contributed by atoms with van der Waals surface area (Å²) < 4.78 is 16.6. The van der Waals surface area contributed by atoms with Gasteiger partial charge in [0.1, 0.15) is 5.75 Å². The molecule has 0 unspecified atom stereocenters. The summed E-state index contributed by atoms with van der Waals surface area (Å²) in [6.07, 6.45) is 0. The first-order valence-electron chi connectivity index (χ1n) is 8.67. The predicted molar refractivity (Wildman–Crippen MR) is 109 cm³/mol. The minimum absolute atomic E-state index is 0.731. The van der Waals surface area contributed by atoms with Crippen molar-refractivity contribution < 1.29 is 14.2 Å². The van der Waals surface area contributed by atoms with Crippen LogP contribution in [-0.2, 0) is 6.54 Å². The van der Waals surface area contributed by atoms with Crippen molar-refractivity contribution in [1.82, 2.24) is 0 Å². The van der Waals surface area contributed by atoms with E-state index in [4.69, 9.17) is 14.2 Å². The molecule has 0 aromatic heterocycles. The maximum Gasteiger partial charge on any atom is 0.176 e. The number of nitrogens with zero attached hydrogens (tertiary/aromatic N) is 1. The zero-order valence-corrected chi connectivity index (χ0v) is 16.4. The molecular weight excluding hydrogens is 358 g/mol. The van der Waals surface area contributed by atoms with Crippen LogP contribution in [0.5, 0.6) is 17.2 Å². The molecule has 0 atom stereocenters. The average Bonchev–Trinajstić information content (AvgIpc) is 2.72. The number of benzene rings is 3. The second kappa shape index (κ2) is 7.45. The van der Waals surface area contributed by atoms with Gasteiger partial charge < -0.3 is 19.1 Å². The molecule has 3 aromatic carbocycles. The fourth-order valence-corrected chi connectivity index (χ4v) is 4.54. The van der Waals surface area contributed by atoms with Gasteiger partial charge in [0.05, 0.1) is 37.6 Å². The van der Waals surface area contributed by atoms with Gasteiger partial charge in [-0.05, 0) is 35.9 Å². The molecule has 1 aliphatic heterocycles. The van der Waals surface area contributed by atoms with Crippen LogP contribution < -0.4 is 19.1 Å². The van der Waals surface area contributed by atoms with Crippen LogP contribution in [0.1, 0.15) is 5.56 Å². The van der Waals surface area contributed by atoms with Crippen molar-refractivity contribution in [3.8, 4) is 17.2 Å². The Balaban J connectivity index is 1.87. The lowest BCUT2D eigenvalue weighted by Crippen LogP contribution is -2.20. The summed E-state index contributed by atoms with van der Waals surface area (Å²) in [6, 6.07) is 20.7. The van der Waals surface area contributed by atoms with Crippen LogP contribution in [0.25, 0.3) is 0 Å². The molecule has 0 amide bonds. The highest BCUT2D eigenvalue weighted by atomic mass is 32.2. The first kappa shape index (κ1) is 17.6. The molecule has 1 heterocycles. The molecule has 0 radical (unpaired) electrons. The second-order valence-corrected chi connectivity index (χ2v) is 7.21. The molecule has 0 bridgehead atoms. The summed E-state index contributed by atoms with van der Waals surface area (Å²) in [5.41, 5.74) is 3.51. The molecule has 3 aromatic rings. The van der Waals surface area contributed by atoms with Crippen molar-refractivity contribution >= 4 is 23.1 Å². The van der Waals surface area contributed by atoms with E-state index in [1.165, 1.54) is 5.56 Å². The Morgan fingerprint density at radius 3 is 2.30 bits per heavy atom. The Morgan fingerprint density at radius 1 is 0.815 bits per heavy atom. The molecule has 0 spiro atoms. The third kappa shape index (κ3) is 3.19. The van der Waals surface area contributed by atoms with Gasteiger partial charge in [0.25, 0.3) is 0 Å². The zero-order chi connectivity index (χ0) is 18.8. The molecule has 4 rings (SSSR count). The summed E-state index contributed by atoms with van der Waals surface area (Å²) in [5, 5.41) is 0. The highest BCUT2D eigenvalue weighted by Crippen LogP contribution is 2.55. The van der Waals surface area contributed by atoms with Crippen LogP contribution in [0.4, 0.5) is 11.4 Å². The molecule has 0 N–H and O–H groups in total. The molecular formula is C22H21NO3S. The molecule has 27 heavy (non-hydrogen) atoms. The Bertz CT molecular complexity index is 959. The van der Waals surface area contributed by atoms with E-state index in [-0.39, 0.29) is 0 Å². The number of anilines is 2. The predicted octanol–water partition coefficient (Wildman–Crippen LogP) is 5.52. The minimum Gasteiger partial charge on any atom is -0.497 e. The van der Waals surface area contributed by atoms with Crippen molar-refractivity contribution in [2.24, 2.45) is 0 Å². The number of hydrogen-bond donors (Lipinski definition) is 0. The van der Waals surface area contributed by atoms with Gasteiger partial charge in [-0.1, -0.05) is 42.1 Å². The normalized spacial score (nSPS) is 12.2. The second-order valence-electron chi connectivity index (χ2n) is 6.16. The van der Waals surface area contributed by atoms with Crippen LogP contribution in [0, 0.1) is 0 Å². The lowest BCUT2D eigenvalue weighted by Gasteiger charge is -2.34. The van der Waals surface area contributed by atoms with E-state index in [1.807, 2.05) is 18.2 Å². The molecule has 138 valence electrons. The van der Waals surface area contributed by atoms with Crippen LogP contribution in [0.15, 0.2) is 70.5 Å². The van der Waals surface area contributed by atoms with Crippen molar-refractivity contribution in [2.45, 2.75) is 16.3 Å². The van der Waals surface area contributed by atoms with Gasteiger partial charge in [-0.2, -0.15) is 0 Å². The fourth-order valence-electron chi connectivity index (χ4n) is 3.30. The van der Waals surface area contributed by atoms with Crippen LogP contribution in [-0.4, -0.2) is 21.3 Å². The third-order valence-electron chi connectivity index (χ3n) is 4.62. The van der Waals surface area contributed by atoms with Crippen LogP contribution in [0.2, 0.25) is 0 Å². The summed E-state index contributed by atoms with van der Waals surface area (Å²) in [5.74, 6) is 2.33. The summed E-state index contributed by atoms with van der Waals surface area (Å²) in [7, 11) is 5.03. The molecule has 1 aliphatic rings. The molecule has 0 aliphatic carbocycles. The fraction of sp³-hybridized carbons (Fsp3) is 0.182. The van der Waals surface area contributed by atoms with E-state index in [1.54, 1.807) is 33.1 Å². The summed E-state index contributed by atoms with van der Waals surface area (Å²) in [6.45, 7) is 0.767. The van der Waals surface area contributed by atoms with Gasteiger partial charge in [0.2, 0.25) is 0 Å². The van der Waals surface area contributed by atoms with Crippen molar-refractivity contribution in [1.29, 1.82) is 0 Å². The SMILES string of the molecule is COc1ccc2c(c1)Sc1c(ccc(OC)c1OC)N2Cc1ccccc1. The monoisotopic (exact) mass is 379 g/mol. The molecule has 4 nitrogen and oxygen atoms in total. The topological polar surface area (TPSA) is 30.9 Å². The third-order valence-corrected chi connectivity index (χ3v) is 5.77. The van der Waals surface area contributed by atoms with E-state index < -0.39 is 0 Å². The van der Waals surface area contributed by atoms with Crippen LogP contribution >= 0.6 is 11.8 Å². The molecule has 0 saturated heterocycles. The van der Waals surface area contributed by atoms with Crippen molar-refractivity contribution in [2.75, 3.05) is 26.2 Å². The summed E-state index contributed by atoms with van der Waals surface area (Å²) in [4.78, 5) is 4.50. The Hall–Kier alpha value is -2.79. The minimum atomic E-state index is 0.731. The van der Waals surface area contributed by atoms with Crippen molar-refractivity contribution in [3.63, 3.8) is 0 Å². The van der Waals surface area contributed by atoms with Gasteiger partial charge in [-0.15, -0.1) is 0 Å². The highest BCUT2D eigenvalue weighted by molar-refractivity contribution is 7.99. The molecule has 5 heteroatoms. The van der Waals surface area contributed by atoms with E-state index in [0.717, 1.165) is 45.0 Å². The maximum absolute atomic E-state index is 5.70. The zero-order valence-electron chi connectivity index (χ0n) is 15.6. The molecule has 0 fully saturated rings. The Morgan fingerprint density at radius 2 is 1.59 bits per heavy atom. The van der Waals surface area contributed by atoms with E-state index in [9.17, 15) is 0 Å². The van der Waals surface area contributed by atoms with E-state index >= 15 is 0 Å². The number of rotatable bonds is 5. The number of methoxy groups -OCH3 is 3. The average molecular weight is 379 g/mol. The lowest BCUT2D eigenvalue weighted by atomic mass is 10.1. The number of fused-ring (bicyclic) bond motifs is 2. The van der Waals surface area contributed by atoms with Gasteiger partial charge >= 0.3 is 0 Å². The van der Waals surface area contributed by atoms with Gasteiger partial charge in [0.15, 0.2) is 11.5 Å². The number of ether oxygens (including phenoxy) is 3. The van der Waals surface area contributed by atoms with Crippen LogP contribution in [0.3, 0.4) is 0 Å². The molecule has 0 saturated carbocycles. The lowest BCUT2D eigenvalue weighted by molar-refractivity contribution is 0.348. The quantitative estimate of drug-likeness (QED) is 0.583. The first-order valence-corrected chi connectivity index (χ1v) is 9.49. The standard InChI is InChI=1S/C22H21NO3S/c1-24-16-9-10-17-20(13-16)27-22-18(11-12-19(25-2)21(22)26-3)23(17)14-15-7-5-4-6-8-15/h4-13H,14H2,1-3H3. The van der Waals surface area contributed by atoms with E-state index in [2.05, 4.69) is 47.4 Å². The smallest absolute Gasteiger partial charge is 0.176 e. The maximum atomic E-state index is 5.70. The van der Waals surface area contributed by atoms with Crippen molar-refractivity contribution in [3.05, 3.63) is 66.2 Å². The number of hydrogen-bond acceptors (Lipinski definition) is 5. The van der Waals surface area contributed by atoms with E-state index in [0.29, 0.717) is 0 Å². The Labute approximate surface area is 163 Å². The van der Waals surface area contributed by atoms with Gasteiger partial charge in [0, 0.05) is 11.4 Å². The largest absolute Gasteiger partial charge is 0.497 e. The van der Waals surface area contributed by atoms with Gasteiger partial charge in [-0.3, -0.25) is 0 Å². The Kier molecular flexibility index (Phi) is 4.86.